The molecular weight excluding hydrogens is 332 g/mol. The van der Waals surface area contributed by atoms with Gasteiger partial charge in [-0.05, 0) is 31.2 Å². The Morgan fingerprint density at radius 3 is 3.00 bits per heavy atom. The molecule has 3 heterocycles. The van der Waals surface area contributed by atoms with E-state index in [2.05, 4.69) is 19.7 Å². The van der Waals surface area contributed by atoms with E-state index >= 15 is 0 Å². The van der Waals surface area contributed by atoms with Crippen molar-refractivity contribution in [1.29, 1.82) is 0 Å². The molecule has 1 aliphatic rings. The Kier molecular flexibility index (Phi) is 3.96. The van der Waals surface area contributed by atoms with Crippen molar-refractivity contribution in [3.63, 3.8) is 0 Å². The molecule has 0 radical (unpaired) electrons. The molecule has 120 valence electrons. The number of oxazole rings is 1. The molecule has 6 nitrogen and oxygen atoms in total. The summed E-state index contributed by atoms with van der Waals surface area (Å²) in [6, 6.07) is 2.44. The second kappa shape index (κ2) is 6.10. The molecule has 23 heavy (non-hydrogen) atoms. The number of rotatable bonds is 6. The molecular formula is C15H16N4O2S2. The van der Waals surface area contributed by atoms with Crippen LogP contribution in [0.15, 0.2) is 26.4 Å². The molecule has 1 fully saturated rings. The van der Waals surface area contributed by atoms with Gasteiger partial charge in [0, 0.05) is 22.7 Å². The van der Waals surface area contributed by atoms with Gasteiger partial charge in [0.05, 0.1) is 5.69 Å². The maximum absolute atomic E-state index is 9.39. The SMILES string of the molecule is Cc1oc(-c2ccsc2)nc1CSc1nnc(CO)n1C1CC1. The fraction of sp³-hybridized carbons (Fsp3) is 0.400. The first-order valence-electron chi connectivity index (χ1n) is 7.42. The third-order valence-electron chi connectivity index (χ3n) is 3.79. The van der Waals surface area contributed by atoms with Crippen LogP contribution in [0, 0.1) is 6.92 Å². The van der Waals surface area contributed by atoms with Crippen molar-refractivity contribution < 1.29 is 9.52 Å². The van der Waals surface area contributed by atoms with E-state index in [0.717, 1.165) is 35.0 Å². The Morgan fingerprint density at radius 1 is 1.43 bits per heavy atom. The minimum atomic E-state index is -0.0741. The molecule has 1 N–H and O–H groups in total. The first-order chi connectivity index (χ1) is 11.3. The van der Waals surface area contributed by atoms with Gasteiger partial charge in [-0.2, -0.15) is 11.3 Å². The number of aliphatic hydroxyl groups excluding tert-OH is 1. The average molecular weight is 348 g/mol. The molecule has 0 bridgehead atoms. The van der Waals surface area contributed by atoms with Crippen LogP contribution in [0.1, 0.15) is 36.2 Å². The summed E-state index contributed by atoms with van der Waals surface area (Å²) in [7, 11) is 0. The standard InChI is InChI=1S/C15H16N4O2S2/c1-9-12(16-14(21-9)10-4-5-22-7-10)8-23-15-18-17-13(6-20)19(15)11-2-3-11/h4-5,7,11,20H,2-3,6,8H2,1H3. The molecule has 0 aromatic carbocycles. The Labute approximate surface area is 141 Å². The van der Waals surface area contributed by atoms with E-state index in [1.54, 1.807) is 23.1 Å². The zero-order valence-electron chi connectivity index (χ0n) is 12.6. The van der Waals surface area contributed by atoms with Crippen molar-refractivity contribution >= 4 is 23.1 Å². The van der Waals surface area contributed by atoms with Gasteiger partial charge in [0.2, 0.25) is 5.89 Å². The molecule has 3 aromatic rings. The highest BCUT2D eigenvalue weighted by atomic mass is 32.2. The van der Waals surface area contributed by atoms with Crippen LogP contribution in [0.25, 0.3) is 11.5 Å². The van der Waals surface area contributed by atoms with Gasteiger partial charge in [-0.15, -0.1) is 10.2 Å². The second-order valence-corrected chi connectivity index (χ2v) is 7.20. The second-order valence-electron chi connectivity index (χ2n) is 5.48. The fourth-order valence-electron chi connectivity index (χ4n) is 2.42. The van der Waals surface area contributed by atoms with E-state index < -0.39 is 0 Å². The van der Waals surface area contributed by atoms with Crippen molar-refractivity contribution in [1.82, 2.24) is 19.7 Å². The number of aryl methyl sites for hydroxylation is 1. The molecule has 0 atom stereocenters. The number of hydrogen-bond acceptors (Lipinski definition) is 7. The summed E-state index contributed by atoms with van der Waals surface area (Å²) in [5.41, 5.74) is 1.94. The highest BCUT2D eigenvalue weighted by Gasteiger charge is 2.29. The van der Waals surface area contributed by atoms with Crippen LogP contribution in [-0.4, -0.2) is 24.9 Å². The first kappa shape index (κ1) is 14.9. The summed E-state index contributed by atoms with van der Waals surface area (Å²) >= 11 is 3.21. The van der Waals surface area contributed by atoms with Gasteiger partial charge in [-0.3, -0.25) is 0 Å². The Morgan fingerprint density at radius 2 is 2.30 bits per heavy atom. The Bertz CT molecular complexity index is 806. The lowest BCUT2D eigenvalue weighted by molar-refractivity contribution is 0.263. The van der Waals surface area contributed by atoms with Crippen molar-refractivity contribution in [3.05, 3.63) is 34.1 Å². The van der Waals surface area contributed by atoms with Gasteiger partial charge in [0.1, 0.15) is 12.4 Å². The highest BCUT2D eigenvalue weighted by Crippen LogP contribution is 2.39. The van der Waals surface area contributed by atoms with E-state index in [1.807, 2.05) is 23.8 Å². The lowest BCUT2D eigenvalue weighted by atomic mass is 10.3. The monoisotopic (exact) mass is 348 g/mol. The van der Waals surface area contributed by atoms with E-state index in [0.29, 0.717) is 23.5 Å². The Balaban J connectivity index is 1.52. The fourth-order valence-corrected chi connectivity index (χ4v) is 4.07. The lowest BCUT2D eigenvalue weighted by Gasteiger charge is -2.06. The van der Waals surface area contributed by atoms with Crippen molar-refractivity contribution in [3.8, 4) is 11.5 Å². The smallest absolute Gasteiger partial charge is 0.227 e. The maximum Gasteiger partial charge on any atom is 0.227 e. The molecule has 1 saturated carbocycles. The third kappa shape index (κ3) is 2.93. The predicted octanol–water partition coefficient (Wildman–Crippen LogP) is 3.42. The number of thiophene rings is 1. The summed E-state index contributed by atoms with van der Waals surface area (Å²) in [5, 5.41) is 22.6. The largest absolute Gasteiger partial charge is 0.441 e. The van der Waals surface area contributed by atoms with Crippen LogP contribution in [0.2, 0.25) is 0 Å². The number of aliphatic hydroxyl groups is 1. The molecule has 4 rings (SSSR count). The van der Waals surface area contributed by atoms with E-state index in [-0.39, 0.29) is 6.61 Å². The molecule has 0 amide bonds. The summed E-state index contributed by atoms with van der Waals surface area (Å²) in [4.78, 5) is 4.60. The minimum Gasteiger partial charge on any atom is -0.441 e. The molecule has 0 unspecified atom stereocenters. The lowest BCUT2D eigenvalue weighted by Crippen LogP contribution is -2.03. The van der Waals surface area contributed by atoms with Gasteiger partial charge < -0.3 is 14.1 Å². The van der Waals surface area contributed by atoms with Crippen molar-refractivity contribution in [2.75, 3.05) is 0 Å². The van der Waals surface area contributed by atoms with E-state index in [9.17, 15) is 5.11 Å². The predicted molar refractivity (Wildman–Crippen MR) is 88.3 cm³/mol. The quantitative estimate of drug-likeness (QED) is 0.688. The van der Waals surface area contributed by atoms with E-state index in [1.165, 1.54) is 0 Å². The van der Waals surface area contributed by atoms with Crippen LogP contribution in [0.4, 0.5) is 0 Å². The van der Waals surface area contributed by atoms with Gasteiger partial charge >= 0.3 is 0 Å². The minimum absolute atomic E-state index is 0.0741. The van der Waals surface area contributed by atoms with Crippen molar-refractivity contribution in [2.45, 2.75) is 43.3 Å². The van der Waals surface area contributed by atoms with Crippen LogP contribution >= 0.6 is 23.1 Å². The molecule has 0 saturated heterocycles. The first-order valence-corrected chi connectivity index (χ1v) is 9.35. The Hall–Kier alpha value is -1.64. The maximum atomic E-state index is 9.39. The summed E-state index contributed by atoms with van der Waals surface area (Å²) in [6.07, 6.45) is 2.26. The van der Waals surface area contributed by atoms with Gasteiger partial charge in [0.15, 0.2) is 11.0 Å². The highest BCUT2D eigenvalue weighted by molar-refractivity contribution is 7.98. The molecule has 0 aliphatic heterocycles. The van der Waals surface area contributed by atoms with Crippen LogP contribution in [-0.2, 0) is 12.4 Å². The third-order valence-corrected chi connectivity index (χ3v) is 5.42. The zero-order chi connectivity index (χ0) is 15.8. The number of aromatic nitrogens is 4. The van der Waals surface area contributed by atoms with Gasteiger partial charge in [-0.1, -0.05) is 11.8 Å². The number of hydrogen-bond donors (Lipinski definition) is 1. The summed E-state index contributed by atoms with van der Waals surface area (Å²) in [5.74, 6) is 2.82. The van der Waals surface area contributed by atoms with Crippen molar-refractivity contribution in [2.24, 2.45) is 0 Å². The molecule has 1 aliphatic carbocycles. The number of nitrogens with zero attached hydrogens (tertiary/aromatic N) is 4. The summed E-state index contributed by atoms with van der Waals surface area (Å²) in [6.45, 7) is 1.86. The normalized spacial score (nSPS) is 14.5. The van der Waals surface area contributed by atoms with Crippen LogP contribution < -0.4 is 0 Å². The number of thioether (sulfide) groups is 1. The molecule has 0 spiro atoms. The zero-order valence-corrected chi connectivity index (χ0v) is 14.2. The van der Waals surface area contributed by atoms with Crippen LogP contribution in [0.3, 0.4) is 0 Å². The molecule has 8 heteroatoms. The summed E-state index contributed by atoms with van der Waals surface area (Å²) < 4.78 is 7.82. The van der Waals surface area contributed by atoms with Crippen LogP contribution in [0.5, 0.6) is 0 Å². The van der Waals surface area contributed by atoms with Gasteiger partial charge in [-0.25, -0.2) is 4.98 Å². The van der Waals surface area contributed by atoms with Gasteiger partial charge in [0.25, 0.3) is 0 Å². The van der Waals surface area contributed by atoms with E-state index in [4.69, 9.17) is 4.42 Å². The average Bonchev–Trinajstić information content (AvgIpc) is 2.99. The topological polar surface area (TPSA) is 77.0 Å². The molecule has 3 aromatic heterocycles.